The molecule has 2 heterocycles. The van der Waals surface area contributed by atoms with Crippen molar-refractivity contribution in [3.05, 3.63) is 59.9 Å². The SMILES string of the molecule is O=C1CC[C@@H](CN(Cc2cccnc2)Cc2ccccc2OC(F)(F)F)N1.O=CO. The summed E-state index contributed by atoms with van der Waals surface area (Å²) in [6.45, 7) is 1.04. The minimum absolute atomic E-state index is 0.00197. The Bertz CT molecular complexity index is 818. The quantitative estimate of drug-likeness (QED) is 0.663. The smallest absolute Gasteiger partial charge is 0.483 e. The molecular weight excluding hydrogens is 403 g/mol. The van der Waals surface area contributed by atoms with Crippen molar-refractivity contribution in [3.63, 3.8) is 0 Å². The highest BCUT2D eigenvalue weighted by Gasteiger charge is 2.32. The molecule has 1 aliphatic heterocycles. The fourth-order valence-corrected chi connectivity index (χ4v) is 3.16. The number of carbonyl (C=O) groups is 2. The maximum Gasteiger partial charge on any atom is 0.573 e. The third-order valence-electron chi connectivity index (χ3n) is 4.28. The van der Waals surface area contributed by atoms with Crippen molar-refractivity contribution in [2.24, 2.45) is 0 Å². The Morgan fingerprint density at radius 2 is 1.97 bits per heavy atom. The molecule has 2 N–H and O–H groups in total. The molecule has 30 heavy (non-hydrogen) atoms. The molecule has 10 heteroatoms. The normalized spacial score (nSPS) is 15.9. The molecule has 1 saturated heterocycles. The number of halogens is 3. The van der Waals surface area contributed by atoms with E-state index in [0.29, 0.717) is 31.5 Å². The van der Waals surface area contributed by atoms with Gasteiger partial charge in [0.1, 0.15) is 5.75 Å². The van der Waals surface area contributed by atoms with Gasteiger partial charge in [-0.15, -0.1) is 13.2 Å². The first-order valence-electron chi connectivity index (χ1n) is 9.13. The summed E-state index contributed by atoms with van der Waals surface area (Å²) in [5.74, 6) is -0.209. The predicted octanol–water partition coefficient (Wildman–Crippen LogP) is 2.96. The Hall–Kier alpha value is -3.14. The van der Waals surface area contributed by atoms with Gasteiger partial charge in [0.15, 0.2) is 0 Å². The molecule has 0 unspecified atom stereocenters. The monoisotopic (exact) mass is 425 g/mol. The van der Waals surface area contributed by atoms with Crippen LogP contribution in [0.25, 0.3) is 0 Å². The van der Waals surface area contributed by atoms with Gasteiger partial charge in [-0.2, -0.15) is 0 Å². The molecule has 0 saturated carbocycles. The van der Waals surface area contributed by atoms with Gasteiger partial charge in [-0.05, 0) is 24.1 Å². The molecule has 1 aromatic carbocycles. The Morgan fingerprint density at radius 3 is 2.57 bits per heavy atom. The molecule has 3 rings (SSSR count). The molecule has 0 spiro atoms. The second kappa shape index (κ2) is 11.1. The molecule has 162 valence electrons. The van der Waals surface area contributed by atoms with Crippen molar-refractivity contribution >= 4 is 12.4 Å². The average Bonchev–Trinajstić information content (AvgIpc) is 3.08. The summed E-state index contributed by atoms with van der Waals surface area (Å²) in [6.07, 6.45) is -0.179. The molecule has 0 bridgehead atoms. The van der Waals surface area contributed by atoms with E-state index in [0.717, 1.165) is 5.56 Å². The van der Waals surface area contributed by atoms with E-state index in [2.05, 4.69) is 15.0 Å². The first-order chi connectivity index (χ1) is 14.3. The number of nitrogens with zero attached hydrogens (tertiary/aromatic N) is 2. The lowest BCUT2D eigenvalue weighted by atomic mass is 10.1. The molecule has 2 aromatic rings. The summed E-state index contributed by atoms with van der Waals surface area (Å²) in [7, 11) is 0. The maximum atomic E-state index is 12.7. The summed E-state index contributed by atoms with van der Waals surface area (Å²) < 4.78 is 42.2. The molecule has 1 aromatic heterocycles. The Balaban J connectivity index is 0.00000101. The van der Waals surface area contributed by atoms with Crippen molar-refractivity contribution in [1.29, 1.82) is 0 Å². The molecule has 0 radical (unpaired) electrons. The number of benzene rings is 1. The van der Waals surface area contributed by atoms with Gasteiger partial charge in [0.05, 0.1) is 0 Å². The van der Waals surface area contributed by atoms with Crippen LogP contribution in [0.5, 0.6) is 5.75 Å². The summed E-state index contributed by atoms with van der Waals surface area (Å²) in [5.41, 5.74) is 1.37. The van der Waals surface area contributed by atoms with Crippen LogP contribution < -0.4 is 10.1 Å². The van der Waals surface area contributed by atoms with Crippen molar-refractivity contribution in [1.82, 2.24) is 15.2 Å². The van der Waals surface area contributed by atoms with Crippen molar-refractivity contribution in [2.75, 3.05) is 6.54 Å². The minimum Gasteiger partial charge on any atom is -0.483 e. The summed E-state index contributed by atoms with van der Waals surface area (Å²) in [6, 6.07) is 9.81. The van der Waals surface area contributed by atoms with E-state index in [-0.39, 0.29) is 30.7 Å². The largest absolute Gasteiger partial charge is 0.573 e. The second-order valence-electron chi connectivity index (χ2n) is 6.59. The van der Waals surface area contributed by atoms with Crippen molar-refractivity contribution < 1.29 is 32.6 Å². The van der Waals surface area contributed by atoms with Gasteiger partial charge in [0.25, 0.3) is 6.47 Å². The lowest BCUT2D eigenvalue weighted by molar-refractivity contribution is -0.275. The van der Waals surface area contributed by atoms with Gasteiger partial charge in [0.2, 0.25) is 5.91 Å². The fourth-order valence-electron chi connectivity index (χ4n) is 3.16. The number of ether oxygens (including phenoxy) is 1. The van der Waals surface area contributed by atoms with Crippen LogP contribution in [0.1, 0.15) is 24.0 Å². The van der Waals surface area contributed by atoms with Gasteiger partial charge >= 0.3 is 6.36 Å². The molecule has 1 fully saturated rings. The van der Waals surface area contributed by atoms with Crippen LogP contribution in [0.2, 0.25) is 0 Å². The lowest BCUT2D eigenvalue weighted by Crippen LogP contribution is -2.38. The zero-order chi connectivity index (χ0) is 22.0. The number of alkyl halides is 3. The first kappa shape index (κ1) is 23.1. The predicted molar refractivity (Wildman–Crippen MR) is 101 cm³/mol. The second-order valence-corrected chi connectivity index (χ2v) is 6.59. The van der Waals surface area contributed by atoms with Crippen molar-refractivity contribution in [2.45, 2.75) is 38.3 Å². The maximum absolute atomic E-state index is 12.7. The molecule has 1 atom stereocenters. The van der Waals surface area contributed by atoms with E-state index in [9.17, 15) is 18.0 Å². The van der Waals surface area contributed by atoms with Crippen molar-refractivity contribution in [3.8, 4) is 5.75 Å². The number of pyridine rings is 1. The van der Waals surface area contributed by atoms with E-state index in [1.54, 1.807) is 24.5 Å². The Kier molecular flexibility index (Phi) is 8.60. The third-order valence-corrected chi connectivity index (χ3v) is 4.28. The van der Waals surface area contributed by atoms with Gasteiger partial charge in [-0.3, -0.25) is 19.5 Å². The first-order valence-corrected chi connectivity index (χ1v) is 9.13. The minimum atomic E-state index is -4.75. The number of rotatable bonds is 7. The standard InChI is InChI=1S/C19H20F3N3O2.CH2O2/c20-19(21,22)27-17-6-2-1-5-15(17)12-25(11-14-4-3-9-23-10-14)13-16-7-8-18(26)24-16;2-1-3/h1-6,9-10,16H,7-8,11-13H2,(H,24,26);1H,(H,2,3)/t16-;/m0./s1. The van der Waals surface area contributed by atoms with Crippen LogP contribution in [0.4, 0.5) is 13.2 Å². The number of nitrogens with one attached hydrogen (secondary N) is 1. The van der Waals surface area contributed by atoms with Gasteiger partial charge < -0.3 is 15.2 Å². The zero-order valence-electron chi connectivity index (χ0n) is 16.0. The zero-order valence-corrected chi connectivity index (χ0v) is 16.0. The van der Waals surface area contributed by atoms with Gasteiger partial charge in [-0.25, -0.2) is 0 Å². The Morgan fingerprint density at radius 1 is 1.23 bits per heavy atom. The molecule has 1 aliphatic rings. The van der Waals surface area contributed by atoms with E-state index in [1.165, 1.54) is 12.1 Å². The summed E-state index contributed by atoms with van der Waals surface area (Å²) in [5, 5.41) is 9.79. The van der Waals surface area contributed by atoms with Crippen LogP contribution >= 0.6 is 0 Å². The highest BCUT2D eigenvalue weighted by Crippen LogP contribution is 2.27. The van der Waals surface area contributed by atoms with E-state index in [1.807, 2.05) is 17.0 Å². The Labute approximate surface area is 171 Å². The molecule has 7 nitrogen and oxygen atoms in total. The van der Waals surface area contributed by atoms with Crippen LogP contribution in [-0.2, 0) is 22.7 Å². The molecule has 1 amide bonds. The lowest BCUT2D eigenvalue weighted by Gasteiger charge is -2.26. The number of hydrogen-bond acceptors (Lipinski definition) is 5. The van der Waals surface area contributed by atoms with Gasteiger partial charge in [-0.1, -0.05) is 24.3 Å². The topological polar surface area (TPSA) is 91.8 Å². The van der Waals surface area contributed by atoms with Crippen LogP contribution in [-0.4, -0.2) is 46.3 Å². The number of carbonyl (C=O) groups excluding carboxylic acids is 1. The third kappa shape index (κ3) is 8.08. The van der Waals surface area contributed by atoms with Crippen LogP contribution in [0.3, 0.4) is 0 Å². The number of carboxylic acid groups (broad SMARTS) is 1. The van der Waals surface area contributed by atoms with E-state index < -0.39 is 6.36 Å². The highest BCUT2D eigenvalue weighted by molar-refractivity contribution is 5.78. The molecule has 0 aliphatic carbocycles. The number of amides is 1. The average molecular weight is 425 g/mol. The number of hydrogen-bond donors (Lipinski definition) is 2. The van der Waals surface area contributed by atoms with Gasteiger partial charge in [0, 0.05) is 50.1 Å². The molecular formula is C20H22F3N3O4. The highest BCUT2D eigenvalue weighted by atomic mass is 19.4. The summed E-state index contributed by atoms with van der Waals surface area (Å²) >= 11 is 0. The fraction of sp³-hybridized carbons (Fsp3) is 0.350. The number of para-hydroxylation sites is 1. The van der Waals surface area contributed by atoms with E-state index in [4.69, 9.17) is 9.90 Å². The van der Waals surface area contributed by atoms with Crippen LogP contribution in [0, 0.1) is 0 Å². The summed E-state index contributed by atoms with van der Waals surface area (Å²) in [4.78, 5) is 25.9. The van der Waals surface area contributed by atoms with E-state index >= 15 is 0 Å². The number of aromatic nitrogens is 1. The van der Waals surface area contributed by atoms with Crippen LogP contribution in [0.15, 0.2) is 48.8 Å².